The minimum absolute atomic E-state index is 0.128. The zero-order valence-corrected chi connectivity index (χ0v) is 9.66. The highest BCUT2D eigenvalue weighted by Gasteiger charge is 2.10. The van der Waals surface area contributed by atoms with Crippen molar-refractivity contribution in [3.8, 4) is 0 Å². The summed E-state index contributed by atoms with van der Waals surface area (Å²) >= 11 is 0. The van der Waals surface area contributed by atoms with Gasteiger partial charge in [-0.2, -0.15) is 0 Å². The maximum Gasteiger partial charge on any atom is 0.197 e. The van der Waals surface area contributed by atoms with E-state index in [1.165, 1.54) is 19.3 Å². The van der Waals surface area contributed by atoms with Crippen molar-refractivity contribution in [1.82, 2.24) is 0 Å². The van der Waals surface area contributed by atoms with E-state index in [1.807, 2.05) is 0 Å². The maximum atomic E-state index is 11.6. The first-order chi connectivity index (χ1) is 7.24. The number of carbonyl (C=O) groups excluding carboxylic acids is 1. The first-order valence-corrected chi connectivity index (χ1v) is 5.80. The van der Waals surface area contributed by atoms with E-state index in [0.29, 0.717) is 18.1 Å². The summed E-state index contributed by atoms with van der Waals surface area (Å²) in [5, 5.41) is 0. The van der Waals surface area contributed by atoms with Crippen LogP contribution in [0, 0.1) is 5.92 Å². The van der Waals surface area contributed by atoms with Gasteiger partial charge in [0.25, 0.3) is 0 Å². The molecular formula is C13H20O2. The van der Waals surface area contributed by atoms with Crippen molar-refractivity contribution in [2.75, 3.05) is 0 Å². The van der Waals surface area contributed by atoms with E-state index >= 15 is 0 Å². The van der Waals surface area contributed by atoms with Gasteiger partial charge in [-0.25, -0.2) is 0 Å². The molecule has 1 aromatic rings. The van der Waals surface area contributed by atoms with E-state index in [0.717, 1.165) is 6.42 Å². The van der Waals surface area contributed by atoms with Crippen LogP contribution in [0.15, 0.2) is 22.8 Å². The lowest BCUT2D eigenvalue weighted by Gasteiger charge is -2.08. The number of ketones is 1. The Hall–Kier alpha value is -1.05. The van der Waals surface area contributed by atoms with Gasteiger partial charge in [-0.15, -0.1) is 0 Å². The van der Waals surface area contributed by atoms with Gasteiger partial charge in [0.05, 0.1) is 6.26 Å². The Morgan fingerprint density at radius 2 is 2.27 bits per heavy atom. The molecule has 0 aliphatic heterocycles. The fourth-order valence-electron chi connectivity index (χ4n) is 1.63. The first-order valence-electron chi connectivity index (χ1n) is 5.80. The minimum atomic E-state index is 0.128. The third-order valence-electron chi connectivity index (χ3n) is 2.71. The highest BCUT2D eigenvalue weighted by molar-refractivity contribution is 5.93. The molecule has 0 saturated heterocycles. The summed E-state index contributed by atoms with van der Waals surface area (Å²) in [5.41, 5.74) is 0. The Balaban J connectivity index is 2.22. The predicted octanol–water partition coefficient (Wildman–Crippen LogP) is 4.07. The highest BCUT2D eigenvalue weighted by atomic mass is 16.3. The third kappa shape index (κ3) is 4.32. The van der Waals surface area contributed by atoms with Crippen LogP contribution >= 0.6 is 0 Å². The van der Waals surface area contributed by atoms with E-state index in [-0.39, 0.29) is 5.78 Å². The van der Waals surface area contributed by atoms with Gasteiger partial charge >= 0.3 is 0 Å². The minimum Gasteiger partial charge on any atom is -0.461 e. The lowest BCUT2D eigenvalue weighted by atomic mass is 9.97. The van der Waals surface area contributed by atoms with Crippen molar-refractivity contribution >= 4 is 5.78 Å². The summed E-state index contributed by atoms with van der Waals surface area (Å²) < 4.78 is 5.06. The number of rotatable bonds is 7. The lowest BCUT2D eigenvalue weighted by molar-refractivity contribution is 0.0947. The average molecular weight is 208 g/mol. The quantitative estimate of drug-likeness (QED) is 0.632. The molecule has 0 saturated carbocycles. The van der Waals surface area contributed by atoms with Gasteiger partial charge < -0.3 is 4.42 Å². The van der Waals surface area contributed by atoms with Gasteiger partial charge in [0.2, 0.25) is 0 Å². The molecule has 15 heavy (non-hydrogen) atoms. The second-order valence-electron chi connectivity index (χ2n) is 4.19. The second kappa shape index (κ2) is 6.44. The molecule has 0 aromatic carbocycles. The van der Waals surface area contributed by atoms with Gasteiger partial charge in [-0.05, 0) is 24.5 Å². The molecule has 0 amide bonds. The molecule has 0 N–H and O–H groups in total. The highest BCUT2D eigenvalue weighted by Crippen LogP contribution is 2.16. The first kappa shape index (κ1) is 12.0. The standard InChI is InChI=1S/C13H20O2/c1-3-4-6-11(2)8-9-12(14)13-7-5-10-15-13/h5,7,10-11H,3-4,6,8-9H2,1-2H3. The second-order valence-corrected chi connectivity index (χ2v) is 4.19. The van der Waals surface area contributed by atoms with Gasteiger partial charge in [0.15, 0.2) is 11.5 Å². The summed E-state index contributed by atoms with van der Waals surface area (Å²) in [5.74, 6) is 1.27. The molecule has 1 atom stereocenters. The van der Waals surface area contributed by atoms with Crippen LogP contribution in [0.5, 0.6) is 0 Å². The smallest absolute Gasteiger partial charge is 0.197 e. The number of carbonyl (C=O) groups is 1. The molecule has 0 aliphatic carbocycles. The summed E-state index contributed by atoms with van der Waals surface area (Å²) in [6.45, 7) is 4.41. The molecule has 84 valence electrons. The van der Waals surface area contributed by atoms with E-state index in [1.54, 1.807) is 18.4 Å². The van der Waals surface area contributed by atoms with E-state index in [2.05, 4.69) is 13.8 Å². The summed E-state index contributed by atoms with van der Waals surface area (Å²) in [7, 11) is 0. The van der Waals surface area contributed by atoms with Crippen molar-refractivity contribution < 1.29 is 9.21 Å². The Morgan fingerprint density at radius 1 is 1.47 bits per heavy atom. The topological polar surface area (TPSA) is 30.2 Å². The summed E-state index contributed by atoms with van der Waals surface area (Å²) in [6, 6.07) is 3.49. The molecule has 2 nitrogen and oxygen atoms in total. The number of hydrogen-bond acceptors (Lipinski definition) is 2. The molecular weight excluding hydrogens is 188 g/mol. The fraction of sp³-hybridized carbons (Fsp3) is 0.615. The number of unbranched alkanes of at least 4 members (excludes halogenated alkanes) is 1. The molecule has 0 radical (unpaired) electrons. The Morgan fingerprint density at radius 3 is 2.87 bits per heavy atom. The van der Waals surface area contributed by atoms with Gasteiger partial charge in [-0.1, -0.05) is 33.1 Å². The molecule has 1 heterocycles. The van der Waals surface area contributed by atoms with E-state index < -0.39 is 0 Å². The predicted molar refractivity (Wildman–Crippen MR) is 61.0 cm³/mol. The van der Waals surface area contributed by atoms with E-state index in [9.17, 15) is 4.79 Å². The molecule has 1 aromatic heterocycles. The lowest BCUT2D eigenvalue weighted by Crippen LogP contribution is -2.02. The molecule has 0 bridgehead atoms. The number of hydrogen-bond donors (Lipinski definition) is 0. The van der Waals surface area contributed by atoms with Crippen LogP contribution in [-0.4, -0.2) is 5.78 Å². The van der Waals surface area contributed by atoms with Crippen molar-refractivity contribution in [2.45, 2.75) is 46.0 Å². The van der Waals surface area contributed by atoms with Crippen LogP contribution < -0.4 is 0 Å². The van der Waals surface area contributed by atoms with Crippen molar-refractivity contribution in [2.24, 2.45) is 5.92 Å². The average Bonchev–Trinajstić information content (AvgIpc) is 2.76. The molecule has 0 fully saturated rings. The monoisotopic (exact) mass is 208 g/mol. The van der Waals surface area contributed by atoms with Crippen LogP contribution in [0.1, 0.15) is 56.5 Å². The Labute approximate surface area is 91.7 Å². The summed E-state index contributed by atoms with van der Waals surface area (Å²) in [4.78, 5) is 11.6. The molecule has 2 heteroatoms. The zero-order valence-electron chi connectivity index (χ0n) is 9.66. The molecule has 1 rings (SSSR count). The van der Waals surface area contributed by atoms with Gasteiger partial charge in [-0.3, -0.25) is 4.79 Å². The van der Waals surface area contributed by atoms with Crippen LogP contribution in [0.2, 0.25) is 0 Å². The van der Waals surface area contributed by atoms with Crippen molar-refractivity contribution in [1.29, 1.82) is 0 Å². The van der Waals surface area contributed by atoms with E-state index in [4.69, 9.17) is 4.42 Å². The fourth-order valence-corrected chi connectivity index (χ4v) is 1.63. The molecule has 0 spiro atoms. The number of furan rings is 1. The van der Waals surface area contributed by atoms with Crippen molar-refractivity contribution in [3.05, 3.63) is 24.2 Å². The van der Waals surface area contributed by atoms with Crippen LogP contribution in [0.25, 0.3) is 0 Å². The van der Waals surface area contributed by atoms with Gasteiger partial charge in [0, 0.05) is 6.42 Å². The Kier molecular flexibility index (Phi) is 5.16. The molecule has 1 unspecified atom stereocenters. The summed E-state index contributed by atoms with van der Waals surface area (Å²) in [6.07, 6.45) is 6.85. The normalized spacial score (nSPS) is 12.7. The van der Waals surface area contributed by atoms with Gasteiger partial charge in [0.1, 0.15) is 0 Å². The maximum absolute atomic E-state index is 11.6. The number of Topliss-reactive ketones (excluding diaryl/α,β-unsaturated/α-hetero) is 1. The third-order valence-corrected chi connectivity index (χ3v) is 2.71. The van der Waals surface area contributed by atoms with Crippen molar-refractivity contribution in [3.63, 3.8) is 0 Å². The van der Waals surface area contributed by atoms with Crippen LogP contribution in [0.3, 0.4) is 0 Å². The SMILES string of the molecule is CCCCC(C)CCC(=O)c1ccco1. The Bertz CT molecular complexity index is 275. The zero-order chi connectivity index (χ0) is 11.1. The molecule has 0 aliphatic rings. The van der Waals surface area contributed by atoms with Crippen LogP contribution in [-0.2, 0) is 0 Å². The largest absolute Gasteiger partial charge is 0.461 e. The van der Waals surface area contributed by atoms with Crippen LogP contribution in [0.4, 0.5) is 0 Å².